The number of nitrogens with one attached hydrogen (secondary N) is 1. The Labute approximate surface area is 165 Å². The lowest BCUT2D eigenvalue weighted by Crippen LogP contribution is -2.57. The van der Waals surface area contributed by atoms with E-state index in [1.54, 1.807) is 4.90 Å². The molecule has 2 aromatic carbocycles. The van der Waals surface area contributed by atoms with Crippen LogP contribution in [0.4, 0.5) is 10.5 Å². The summed E-state index contributed by atoms with van der Waals surface area (Å²) in [5, 5.41) is 2.91. The molecule has 0 bridgehead atoms. The van der Waals surface area contributed by atoms with Crippen LogP contribution in [-0.4, -0.2) is 49.4 Å². The van der Waals surface area contributed by atoms with Crippen molar-refractivity contribution in [3.05, 3.63) is 54.1 Å². The highest BCUT2D eigenvalue weighted by atomic mass is 16.5. The van der Waals surface area contributed by atoms with Gasteiger partial charge in [-0.15, -0.1) is 0 Å². The van der Waals surface area contributed by atoms with Crippen LogP contribution in [0.5, 0.6) is 11.5 Å². The molecule has 0 unspecified atom stereocenters. The number of nitrogens with zero attached hydrogens (tertiary/aromatic N) is 1. The molecule has 0 spiro atoms. The van der Waals surface area contributed by atoms with Gasteiger partial charge in [-0.25, -0.2) is 4.79 Å². The number of hydrogen-bond acceptors (Lipinski definition) is 4. The van der Waals surface area contributed by atoms with E-state index in [2.05, 4.69) is 5.32 Å². The van der Waals surface area contributed by atoms with E-state index in [9.17, 15) is 4.79 Å². The third-order valence-electron chi connectivity index (χ3n) is 4.99. The molecule has 2 aromatic rings. The number of aryl methyl sites for hydroxylation is 1. The fourth-order valence-electron chi connectivity index (χ4n) is 3.36. The van der Waals surface area contributed by atoms with E-state index in [-0.39, 0.29) is 18.2 Å². The van der Waals surface area contributed by atoms with E-state index in [4.69, 9.17) is 14.2 Å². The van der Waals surface area contributed by atoms with Gasteiger partial charge in [0, 0.05) is 12.3 Å². The van der Waals surface area contributed by atoms with E-state index in [0.717, 1.165) is 42.2 Å². The van der Waals surface area contributed by atoms with Crippen LogP contribution in [0.3, 0.4) is 0 Å². The Kier molecular flexibility index (Phi) is 5.67. The van der Waals surface area contributed by atoms with E-state index in [1.165, 1.54) is 0 Å². The molecule has 2 fully saturated rings. The molecule has 148 valence electrons. The number of carbonyl (C=O) groups is 1. The van der Waals surface area contributed by atoms with Crippen LogP contribution in [0, 0.1) is 6.92 Å². The lowest BCUT2D eigenvalue weighted by atomic mass is 10.1. The Morgan fingerprint density at radius 3 is 2.71 bits per heavy atom. The predicted octanol–water partition coefficient (Wildman–Crippen LogP) is 3.85. The van der Waals surface area contributed by atoms with Crippen molar-refractivity contribution in [1.82, 2.24) is 4.90 Å². The summed E-state index contributed by atoms with van der Waals surface area (Å²) in [6, 6.07) is 15.3. The molecule has 2 amide bonds. The minimum atomic E-state index is -0.114. The van der Waals surface area contributed by atoms with Crippen LogP contribution in [0.15, 0.2) is 48.5 Å². The zero-order valence-corrected chi connectivity index (χ0v) is 16.1. The smallest absolute Gasteiger partial charge is 0.322 e. The lowest BCUT2D eigenvalue weighted by molar-refractivity contribution is 0.0492. The minimum absolute atomic E-state index is 0.0427. The minimum Gasteiger partial charge on any atom is -0.491 e. The first-order valence-corrected chi connectivity index (χ1v) is 9.79. The van der Waals surface area contributed by atoms with Gasteiger partial charge in [0.1, 0.15) is 24.2 Å². The second-order valence-corrected chi connectivity index (χ2v) is 7.36. The average Bonchev–Trinajstić information content (AvgIpc) is 3.17. The number of benzene rings is 2. The molecule has 1 N–H and O–H groups in total. The van der Waals surface area contributed by atoms with Gasteiger partial charge in [0.25, 0.3) is 0 Å². The molecule has 2 aliphatic rings. The first-order valence-electron chi connectivity index (χ1n) is 9.79. The van der Waals surface area contributed by atoms with Gasteiger partial charge in [0.05, 0.1) is 19.2 Å². The summed E-state index contributed by atoms with van der Waals surface area (Å²) < 4.78 is 17.2. The molecule has 4 rings (SSSR count). The summed E-state index contributed by atoms with van der Waals surface area (Å²) in [4.78, 5) is 14.1. The predicted molar refractivity (Wildman–Crippen MR) is 107 cm³/mol. The molecule has 6 nitrogen and oxygen atoms in total. The third-order valence-corrected chi connectivity index (χ3v) is 4.99. The number of rotatable bonds is 6. The summed E-state index contributed by atoms with van der Waals surface area (Å²) in [6.07, 6.45) is 2.40. The van der Waals surface area contributed by atoms with E-state index >= 15 is 0 Å². The van der Waals surface area contributed by atoms with Gasteiger partial charge in [0.15, 0.2) is 0 Å². The SMILES string of the molecule is Cc1cccc(OC2CN(C(=O)Nc3ccc(OC[C@H]4CCCO4)cc3)C2)c1. The van der Waals surface area contributed by atoms with Crippen LogP contribution in [0.1, 0.15) is 18.4 Å². The van der Waals surface area contributed by atoms with Crippen LogP contribution in [0.25, 0.3) is 0 Å². The molecule has 2 heterocycles. The summed E-state index contributed by atoms with van der Waals surface area (Å²) >= 11 is 0. The van der Waals surface area contributed by atoms with Crippen molar-refractivity contribution in [1.29, 1.82) is 0 Å². The second kappa shape index (κ2) is 8.52. The fourth-order valence-corrected chi connectivity index (χ4v) is 3.36. The molecular formula is C22H26N2O4. The highest BCUT2D eigenvalue weighted by Crippen LogP contribution is 2.22. The molecule has 2 saturated heterocycles. The van der Waals surface area contributed by atoms with Crippen LogP contribution >= 0.6 is 0 Å². The number of hydrogen-bond donors (Lipinski definition) is 1. The molecular weight excluding hydrogens is 356 g/mol. The van der Waals surface area contributed by atoms with E-state index in [1.807, 2.05) is 55.5 Å². The standard InChI is InChI=1S/C22H26N2O4/c1-16-4-2-5-19(12-16)28-21-13-24(14-21)22(25)23-17-7-9-18(10-8-17)27-15-20-6-3-11-26-20/h2,4-5,7-10,12,20-21H,3,6,11,13-15H2,1H3,(H,23,25)/t20-/m1/s1. The number of anilines is 1. The zero-order chi connectivity index (χ0) is 19.3. The third kappa shape index (κ3) is 4.75. The largest absolute Gasteiger partial charge is 0.491 e. The fraction of sp³-hybridized carbons (Fsp3) is 0.409. The molecule has 0 aliphatic carbocycles. The number of likely N-dealkylation sites (tertiary alicyclic amines) is 1. The maximum atomic E-state index is 12.3. The number of carbonyl (C=O) groups excluding carboxylic acids is 1. The van der Waals surface area contributed by atoms with Crippen molar-refractivity contribution < 1.29 is 19.0 Å². The van der Waals surface area contributed by atoms with Gasteiger partial charge >= 0.3 is 6.03 Å². The Hall–Kier alpha value is -2.73. The molecule has 0 aromatic heterocycles. The van der Waals surface area contributed by atoms with Gasteiger partial charge in [-0.05, 0) is 61.7 Å². The van der Waals surface area contributed by atoms with Crippen molar-refractivity contribution in [3.63, 3.8) is 0 Å². The highest BCUT2D eigenvalue weighted by Gasteiger charge is 2.32. The monoisotopic (exact) mass is 382 g/mol. The quantitative estimate of drug-likeness (QED) is 0.824. The summed E-state index contributed by atoms with van der Waals surface area (Å²) in [5.41, 5.74) is 1.91. The van der Waals surface area contributed by atoms with Gasteiger partial charge in [-0.1, -0.05) is 12.1 Å². The Balaban J connectivity index is 1.20. The summed E-state index contributed by atoms with van der Waals surface area (Å²) in [6.45, 7) is 4.60. The van der Waals surface area contributed by atoms with Gasteiger partial charge < -0.3 is 24.4 Å². The van der Waals surface area contributed by atoms with Crippen molar-refractivity contribution in [2.45, 2.75) is 32.0 Å². The second-order valence-electron chi connectivity index (χ2n) is 7.36. The van der Waals surface area contributed by atoms with E-state index in [0.29, 0.717) is 19.7 Å². The normalized spacial score (nSPS) is 19.2. The zero-order valence-electron chi connectivity index (χ0n) is 16.1. The first kappa shape index (κ1) is 18.6. The summed E-state index contributed by atoms with van der Waals surface area (Å²) in [7, 11) is 0. The number of amides is 2. The van der Waals surface area contributed by atoms with Gasteiger partial charge in [-0.2, -0.15) is 0 Å². The van der Waals surface area contributed by atoms with Gasteiger partial charge in [-0.3, -0.25) is 0 Å². The molecule has 6 heteroatoms. The average molecular weight is 382 g/mol. The molecule has 2 aliphatic heterocycles. The Morgan fingerprint density at radius 1 is 1.18 bits per heavy atom. The molecule has 1 atom stereocenters. The van der Waals surface area contributed by atoms with Crippen LogP contribution < -0.4 is 14.8 Å². The lowest BCUT2D eigenvalue weighted by Gasteiger charge is -2.38. The Bertz CT molecular complexity index is 796. The number of ether oxygens (including phenoxy) is 3. The van der Waals surface area contributed by atoms with Crippen LogP contribution in [0.2, 0.25) is 0 Å². The van der Waals surface area contributed by atoms with Crippen LogP contribution in [-0.2, 0) is 4.74 Å². The first-order chi connectivity index (χ1) is 13.7. The van der Waals surface area contributed by atoms with E-state index < -0.39 is 0 Å². The molecule has 0 radical (unpaired) electrons. The molecule has 28 heavy (non-hydrogen) atoms. The maximum Gasteiger partial charge on any atom is 0.322 e. The Morgan fingerprint density at radius 2 is 2.00 bits per heavy atom. The van der Waals surface area contributed by atoms with Crippen molar-refractivity contribution in [2.24, 2.45) is 0 Å². The van der Waals surface area contributed by atoms with Crippen molar-refractivity contribution >= 4 is 11.7 Å². The number of urea groups is 1. The molecule has 0 saturated carbocycles. The highest BCUT2D eigenvalue weighted by molar-refractivity contribution is 5.90. The van der Waals surface area contributed by atoms with Crippen molar-refractivity contribution in [3.8, 4) is 11.5 Å². The summed E-state index contributed by atoms with van der Waals surface area (Å²) in [5.74, 6) is 1.63. The van der Waals surface area contributed by atoms with Crippen molar-refractivity contribution in [2.75, 3.05) is 31.6 Å². The van der Waals surface area contributed by atoms with Gasteiger partial charge in [0.2, 0.25) is 0 Å². The topological polar surface area (TPSA) is 60.0 Å². The maximum absolute atomic E-state index is 12.3.